The molecule has 1 unspecified atom stereocenters. The molecule has 0 aliphatic carbocycles. The summed E-state index contributed by atoms with van der Waals surface area (Å²) in [5, 5.41) is 0. The van der Waals surface area contributed by atoms with Gasteiger partial charge in [0.05, 0.1) is 17.5 Å². The second-order valence-corrected chi connectivity index (χ2v) is 6.12. The van der Waals surface area contributed by atoms with Crippen molar-refractivity contribution < 1.29 is 12.8 Å². The van der Waals surface area contributed by atoms with Crippen LogP contribution in [0.1, 0.15) is 12.0 Å². The molecular weight excluding hydrogens is 229 g/mol. The summed E-state index contributed by atoms with van der Waals surface area (Å²) in [6.45, 7) is 0. The normalized spacial score (nSPS) is 23.9. The lowest BCUT2D eigenvalue weighted by Gasteiger charge is -1.99. The molecule has 0 bridgehead atoms. The van der Waals surface area contributed by atoms with Crippen molar-refractivity contribution in [3.8, 4) is 0 Å². The Labute approximate surface area is 93.9 Å². The van der Waals surface area contributed by atoms with E-state index < -0.39 is 9.84 Å². The molecule has 5 heteroatoms. The fraction of sp³-hybridized carbons (Fsp3) is 0.364. The van der Waals surface area contributed by atoms with Gasteiger partial charge in [-0.15, -0.1) is 0 Å². The van der Waals surface area contributed by atoms with E-state index in [9.17, 15) is 12.8 Å². The van der Waals surface area contributed by atoms with Crippen molar-refractivity contribution in [1.82, 2.24) is 0 Å². The summed E-state index contributed by atoms with van der Waals surface area (Å²) < 4.78 is 35.2. The molecule has 86 valence electrons. The highest BCUT2D eigenvalue weighted by Crippen LogP contribution is 2.14. The Morgan fingerprint density at radius 3 is 2.88 bits per heavy atom. The van der Waals surface area contributed by atoms with Crippen LogP contribution < -0.4 is 0 Å². The highest BCUT2D eigenvalue weighted by atomic mass is 32.2. The van der Waals surface area contributed by atoms with Crippen LogP contribution in [0, 0.1) is 5.82 Å². The molecule has 1 aromatic rings. The molecule has 0 radical (unpaired) electrons. The summed E-state index contributed by atoms with van der Waals surface area (Å²) in [5.41, 5.74) is 0.657. The summed E-state index contributed by atoms with van der Waals surface area (Å²) in [7, 11) is -2.90. The van der Waals surface area contributed by atoms with Crippen molar-refractivity contribution in [3.05, 3.63) is 35.6 Å². The van der Waals surface area contributed by atoms with Gasteiger partial charge < -0.3 is 0 Å². The fourth-order valence-corrected chi connectivity index (χ4v) is 3.31. The summed E-state index contributed by atoms with van der Waals surface area (Å²) in [4.78, 5) is 4.16. The van der Waals surface area contributed by atoms with Crippen LogP contribution in [0.3, 0.4) is 0 Å². The first-order valence-electron chi connectivity index (χ1n) is 5.04. The van der Waals surface area contributed by atoms with Gasteiger partial charge in [0.25, 0.3) is 0 Å². The van der Waals surface area contributed by atoms with Crippen molar-refractivity contribution in [2.45, 2.75) is 12.5 Å². The van der Waals surface area contributed by atoms with E-state index in [2.05, 4.69) is 4.99 Å². The third-order valence-corrected chi connectivity index (χ3v) is 4.24. The molecule has 0 amide bonds. The molecule has 3 nitrogen and oxygen atoms in total. The fourth-order valence-electron chi connectivity index (χ4n) is 1.67. The minimum absolute atomic E-state index is 0.110. The molecule has 1 saturated heterocycles. The molecule has 0 saturated carbocycles. The third-order valence-electron chi connectivity index (χ3n) is 2.49. The molecule has 1 aliphatic rings. The molecule has 1 fully saturated rings. The van der Waals surface area contributed by atoms with E-state index in [0.29, 0.717) is 12.0 Å². The number of benzene rings is 1. The van der Waals surface area contributed by atoms with Gasteiger partial charge in [-0.05, 0) is 24.1 Å². The van der Waals surface area contributed by atoms with Gasteiger partial charge in [0.1, 0.15) is 5.82 Å². The molecule has 0 N–H and O–H groups in total. The molecule has 0 aromatic heterocycles. The SMILES string of the molecule is O=S1(=O)CCC(N=Cc2cccc(F)c2)C1. The predicted octanol–water partition coefficient (Wildman–Crippen LogP) is 1.43. The summed E-state index contributed by atoms with van der Waals surface area (Å²) in [6, 6.07) is 5.89. The zero-order valence-electron chi connectivity index (χ0n) is 8.64. The Bertz CT molecular complexity index is 510. The summed E-state index contributed by atoms with van der Waals surface area (Å²) in [5.74, 6) is -0.000231. The van der Waals surface area contributed by atoms with E-state index in [4.69, 9.17) is 0 Å². The van der Waals surface area contributed by atoms with Crippen LogP contribution in [0.2, 0.25) is 0 Å². The maximum absolute atomic E-state index is 12.8. The van der Waals surface area contributed by atoms with Gasteiger partial charge in [0.2, 0.25) is 0 Å². The van der Waals surface area contributed by atoms with Gasteiger partial charge in [-0.2, -0.15) is 0 Å². The van der Waals surface area contributed by atoms with Gasteiger partial charge in [0.15, 0.2) is 9.84 Å². The standard InChI is InChI=1S/C11H12FNO2S/c12-10-3-1-2-9(6-10)7-13-11-4-5-16(14,15)8-11/h1-3,6-7,11H,4-5,8H2. The number of sulfone groups is 1. The summed E-state index contributed by atoms with van der Waals surface area (Å²) in [6.07, 6.45) is 2.10. The first kappa shape index (κ1) is 11.3. The number of rotatable bonds is 2. The zero-order valence-corrected chi connectivity index (χ0v) is 9.45. The van der Waals surface area contributed by atoms with Crippen molar-refractivity contribution >= 4 is 16.1 Å². The van der Waals surface area contributed by atoms with E-state index in [1.807, 2.05) is 0 Å². The molecule has 1 atom stereocenters. The van der Waals surface area contributed by atoms with Crippen molar-refractivity contribution in [2.75, 3.05) is 11.5 Å². The van der Waals surface area contributed by atoms with E-state index in [0.717, 1.165) is 0 Å². The smallest absolute Gasteiger partial charge is 0.152 e. The minimum Gasteiger partial charge on any atom is -0.288 e. The average molecular weight is 241 g/mol. The Morgan fingerprint density at radius 2 is 2.25 bits per heavy atom. The second kappa shape index (κ2) is 4.33. The van der Waals surface area contributed by atoms with Crippen molar-refractivity contribution in [3.63, 3.8) is 0 Å². The largest absolute Gasteiger partial charge is 0.288 e. The highest BCUT2D eigenvalue weighted by Gasteiger charge is 2.26. The molecule has 1 heterocycles. The maximum Gasteiger partial charge on any atom is 0.152 e. The quantitative estimate of drug-likeness (QED) is 0.735. The lowest BCUT2D eigenvalue weighted by atomic mass is 10.2. The number of hydrogen-bond donors (Lipinski definition) is 0. The van der Waals surface area contributed by atoms with Crippen LogP contribution in [0.5, 0.6) is 0 Å². The molecule has 1 aromatic carbocycles. The molecule has 0 spiro atoms. The van der Waals surface area contributed by atoms with Gasteiger partial charge in [-0.25, -0.2) is 12.8 Å². The second-order valence-electron chi connectivity index (χ2n) is 3.89. The van der Waals surface area contributed by atoms with E-state index in [1.54, 1.807) is 12.1 Å². The highest BCUT2D eigenvalue weighted by molar-refractivity contribution is 7.91. The van der Waals surface area contributed by atoms with E-state index >= 15 is 0 Å². The van der Waals surface area contributed by atoms with Crippen LogP contribution in [0.25, 0.3) is 0 Å². The Morgan fingerprint density at radius 1 is 1.44 bits per heavy atom. The third kappa shape index (κ3) is 2.88. The zero-order chi connectivity index (χ0) is 11.6. The number of hydrogen-bond acceptors (Lipinski definition) is 3. The van der Waals surface area contributed by atoms with Gasteiger partial charge in [0, 0.05) is 6.21 Å². The number of aliphatic imine (C=N–C) groups is 1. The molecule has 16 heavy (non-hydrogen) atoms. The topological polar surface area (TPSA) is 46.5 Å². The molecular formula is C11H12FNO2S. The first-order chi connectivity index (χ1) is 7.55. The van der Waals surface area contributed by atoms with Crippen LogP contribution in [-0.4, -0.2) is 32.2 Å². The summed E-state index contributed by atoms with van der Waals surface area (Å²) >= 11 is 0. The van der Waals surface area contributed by atoms with Gasteiger partial charge >= 0.3 is 0 Å². The van der Waals surface area contributed by atoms with Crippen LogP contribution in [0.4, 0.5) is 4.39 Å². The maximum atomic E-state index is 12.8. The van der Waals surface area contributed by atoms with Crippen LogP contribution in [0.15, 0.2) is 29.3 Å². The Kier molecular flexibility index (Phi) is 3.05. The van der Waals surface area contributed by atoms with Gasteiger partial charge in [-0.3, -0.25) is 4.99 Å². The van der Waals surface area contributed by atoms with Gasteiger partial charge in [-0.1, -0.05) is 12.1 Å². The van der Waals surface area contributed by atoms with Crippen LogP contribution >= 0.6 is 0 Å². The van der Waals surface area contributed by atoms with Crippen molar-refractivity contribution in [2.24, 2.45) is 4.99 Å². The van der Waals surface area contributed by atoms with E-state index in [1.165, 1.54) is 18.3 Å². The average Bonchev–Trinajstić information content (AvgIpc) is 2.56. The lowest BCUT2D eigenvalue weighted by Crippen LogP contribution is -2.07. The van der Waals surface area contributed by atoms with Crippen molar-refractivity contribution in [1.29, 1.82) is 0 Å². The minimum atomic E-state index is -2.90. The van der Waals surface area contributed by atoms with E-state index in [-0.39, 0.29) is 23.4 Å². The molecule has 1 aliphatic heterocycles. The Balaban J connectivity index is 2.05. The lowest BCUT2D eigenvalue weighted by molar-refractivity contribution is 0.601. The predicted molar refractivity (Wildman–Crippen MR) is 61.1 cm³/mol. The van der Waals surface area contributed by atoms with Crippen LogP contribution in [-0.2, 0) is 9.84 Å². The first-order valence-corrected chi connectivity index (χ1v) is 6.86. The molecule has 2 rings (SSSR count). The number of halogens is 1. The Hall–Kier alpha value is -1.23. The number of nitrogens with zero attached hydrogens (tertiary/aromatic N) is 1. The monoisotopic (exact) mass is 241 g/mol.